The molecule has 4 nitrogen and oxygen atoms in total. The molecule has 0 heterocycles. The molecule has 0 spiro atoms. The van der Waals surface area contributed by atoms with E-state index in [4.69, 9.17) is 47.6 Å². The molecular formula is C14H17Cl2N2NaO2S2. The minimum atomic E-state index is -0.0287. The van der Waals surface area contributed by atoms with Crippen molar-refractivity contribution < 1.29 is 39.7 Å². The standard InChI is InChI=1S/C14H18Cl2N2O2S2.Na/c1-9-6-11(13(21)17-4-2-15)12(7-10(9)8-20-19)14(22)18-5-3-16;/h6-7,19H,2-5,8H2,1H3,(H,17,21)(H,18,22);/q;+1/p-1. The zero-order valence-corrected chi connectivity index (χ0v) is 18.2. The number of alkyl halides is 2. The van der Waals surface area contributed by atoms with E-state index < -0.39 is 0 Å². The SMILES string of the molecule is Cc1cc(C(=S)NCCCl)c(C(=S)NCCCl)cc1CO[O-].[Na+]. The van der Waals surface area contributed by atoms with Gasteiger partial charge in [-0.25, -0.2) is 0 Å². The predicted molar refractivity (Wildman–Crippen MR) is 96.8 cm³/mol. The van der Waals surface area contributed by atoms with Gasteiger partial charge >= 0.3 is 29.6 Å². The van der Waals surface area contributed by atoms with Crippen molar-refractivity contribution in [2.45, 2.75) is 13.5 Å². The minimum absolute atomic E-state index is 0. The smallest absolute Gasteiger partial charge is 0.723 e. The van der Waals surface area contributed by atoms with Gasteiger partial charge in [-0.2, -0.15) is 0 Å². The van der Waals surface area contributed by atoms with Crippen LogP contribution in [0.1, 0.15) is 22.3 Å². The van der Waals surface area contributed by atoms with Crippen LogP contribution in [0.4, 0.5) is 0 Å². The minimum Gasteiger partial charge on any atom is -0.723 e. The van der Waals surface area contributed by atoms with Gasteiger partial charge in [-0.05, 0) is 30.2 Å². The van der Waals surface area contributed by atoms with E-state index >= 15 is 0 Å². The van der Waals surface area contributed by atoms with Gasteiger partial charge in [0, 0.05) is 36.0 Å². The van der Waals surface area contributed by atoms with E-state index in [1.54, 1.807) is 0 Å². The first-order chi connectivity index (χ1) is 10.5. The summed E-state index contributed by atoms with van der Waals surface area (Å²) in [5.41, 5.74) is 3.21. The van der Waals surface area contributed by atoms with Crippen LogP contribution in [0.15, 0.2) is 12.1 Å². The molecule has 0 aromatic heterocycles. The summed E-state index contributed by atoms with van der Waals surface area (Å²) in [4.78, 5) is 5.07. The van der Waals surface area contributed by atoms with Crippen LogP contribution in [0.5, 0.6) is 0 Å². The van der Waals surface area contributed by atoms with Crippen molar-refractivity contribution in [2.24, 2.45) is 0 Å². The van der Waals surface area contributed by atoms with Gasteiger partial charge in [-0.15, -0.1) is 23.2 Å². The molecule has 0 saturated carbocycles. The molecule has 0 amide bonds. The Morgan fingerprint density at radius 1 is 1.09 bits per heavy atom. The zero-order chi connectivity index (χ0) is 16.5. The van der Waals surface area contributed by atoms with Crippen molar-refractivity contribution in [2.75, 3.05) is 24.8 Å². The Kier molecular flexibility index (Phi) is 13.1. The topological polar surface area (TPSA) is 56.3 Å². The summed E-state index contributed by atoms with van der Waals surface area (Å²) < 4.78 is 0. The third-order valence-corrected chi connectivity index (χ3v) is 4.05. The Balaban J connectivity index is 0.00000484. The molecule has 0 aliphatic rings. The first-order valence-corrected chi connectivity index (χ1v) is 8.50. The van der Waals surface area contributed by atoms with E-state index in [1.165, 1.54) is 0 Å². The van der Waals surface area contributed by atoms with Crippen molar-refractivity contribution in [1.82, 2.24) is 10.6 Å². The van der Waals surface area contributed by atoms with Gasteiger partial charge in [0.25, 0.3) is 0 Å². The van der Waals surface area contributed by atoms with Crippen molar-refractivity contribution in [1.29, 1.82) is 0 Å². The van der Waals surface area contributed by atoms with E-state index in [2.05, 4.69) is 15.5 Å². The summed E-state index contributed by atoms with van der Waals surface area (Å²) in [5.74, 6) is 0.887. The molecule has 1 aromatic rings. The van der Waals surface area contributed by atoms with Crippen LogP contribution in [0, 0.1) is 6.92 Å². The number of thiocarbonyl (C=S) groups is 2. The van der Waals surface area contributed by atoms with Crippen molar-refractivity contribution in [3.05, 3.63) is 34.4 Å². The van der Waals surface area contributed by atoms with Crippen LogP contribution in [0.3, 0.4) is 0 Å². The second kappa shape index (κ2) is 12.8. The van der Waals surface area contributed by atoms with Crippen LogP contribution in [-0.4, -0.2) is 34.8 Å². The number of halogens is 2. The van der Waals surface area contributed by atoms with Gasteiger partial charge < -0.3 is 20.8 Å². The molecule has 122 valence electrons. The number of hydrogen-bond donors (Lipinski definition) is 2. The second-order valence-corrected chi connectivity index (χ2v) is 6.05. The maximum atomic E-state index is 10.4. The first kappa shape index (κ1) is 23.5. The van der Waals surface area contributed by atoms with Gasteiger partial charge in [-0.1, -0.05) is 24.4 Å². The third-order valence-electron chi connectivity index (χ3n) is 2.94. The van der Waals surface area contributed by atoms with Gasteiger partial charge in [0.15, 0.2) is 0 Å². The zero-order valence-electron chi connectivity index (χ0n) is 13.1. The molecule has 0 unspecified atom stereocenters. The Labute approximate surface area is 179 Å². The maximum Gasteiger partial charge on any atom is 1.00 e. The average molecular weight is 403 g/mol. The largest absolute Gasteiger partial charge is 1.00 e. The van der Waals surface area contributed by atoms with E-state index in [1.807, 2.05) is 19.1 Å². The van der Waals surface area contributed by atoms with Gasteiger partial charge in [0.05, 0.1) is 6.61 Å². The molecule has 1 aromatic carbocycles. The predicted octanol–water partition coefficient (Wildman–Crippen LogP) is -1.20. The van der Waals surface area contributed by atoms with Crippen LogP contribution >= 0.6 is 47.6 Å². The number of benzene rings is 1. The molecule has 0 bridgehead atoms. The summed E-state index contributed by atoms with van der Waals surface area (Å²) in [5, 5.41) is 16.6. The fourth-order valence-corrected chi connectivity index (χ4v) is 2.59. The molecule has 0 aliphatic carbocycles. The molecule has 2 N–H and O–H groups in total. The second-order valence-electron chi connectivity index (χ2n) is 4.48. The van der Waals surface area contributed by atoms with Gasteiger partial charge in [0.2, 0.25) is 0 Å². The summed E-state index contributed by atoms with van der Waals surface area (Å²) >= 11 is 22.1. The molecule has 23 heavy (non-hydrogen) atoms. The molecule has 0 saturated heterocycles. The molecule has 0 atom stereocenters. The van der Waals surface area contributed by atoms with E-state index in [9.17, 15) is 5.26 Å². The Hall–Kier alpha value is 0.500. The van der Waals surface area contributed by atoms with Gasteiger partial charge in [-0.3, -0.25) is 0 Å². The normalized spacial score (nSPS) is 9.91. The Morgan fingerprint density at radius 2 is 1.57 bits per heavy atom. The van der Waals surface area contributed by atoms with E-state index in [0.717, 1.165) is 22.3 Å². The number of hydrogen-bond acceptors (Lipinski definition) is 4. The van der Waals surface area contributed by atoms with Crippen LogP contribution in [0.2, 0.25) is 0 Å². The molecular weight excluding hydrogens is 386 g/mol. The van der Waals surface area contributed by atoms with Crippen LogP contribution < -0.4 is 45.4 Å². The first-order valence-electron chi connectivity index (χ1n) is 6.61. The van der Waals surface area contributed by atoms with Crippen molar-refractivity contribution in [3.8, 4) is 0 Å². The quantitative estimate of drug-likeness (QED) is 0.187. The monoisotopic (exact) mass is 402 g/mol. The molecule has 1 rings (SSSR count). The van der Waals surface area contributed by atoms with E-state index in [-0.39, 0.29) is 36.2 Å². The van der Waals surface area contributed by atoms with Crippen molar-refractivity contribution in [3.63, 3.8) is 0 Å². The van der Waals surface area contributed by atoms with Crippen molar-refractivity contribution >= 4 is 57.6 Å². The fraction of sp³-hybridized carbons (Fsp3) is 0.429. The summed E-state index contributed by atoms with van der Waals surface area (Å²) in [7, 11) is 0. The number of nitrogens with one attached hydrogen (secondary N) is 2. The van der Waals surface area contributed by atoms with E-state index in [0.29, 0.717) is 34.8 Å². The summed E-state index contributed by atoms with van der Waals surface area (Å²) in [6.07, 6.45) is 0. The summed E-state index contributed by atoms with van der Waals surface area (Å²) in [6, 6.07) is 3.71. The number of rotatable bonds is 8. The molecule has 0 radical (unpaired) electrons. The number of aryl methyl sites for hydroxylation is 1. The van der Waals surface area contributed by atoms with Gasteiger partial charge in [0.1, 0.15) is 9.98 Å². The molecule has 9 heteroatoms. The van der Waals surface area contributed by atoms with Crippen LogP contribution in [-0.2, 0) is 11.5 Å². The Morgan fingerprint density at radius 3 is 2.00 bits per heavy atom. The third kappa shape index (κ3) is 7.50. The summed E-state index contributed by atoms with van der Waals surface area (Å²) in [6.45, 7) is 2.97. The average Bonchev–Trinajstić information content (AvgIpc) is 2.51. The Bertz CT molecular complexity index is 548. The molecule has 0 fully saturated rings. The van der Waals surface area contributed by atoms with Crippen LogP contribution in [0.25, 0.3) is 0 Å². The molecule has 0 aliphatic heterocycles. The maximum absolute atomic E-state index is 10.4. The fourth-order valence-electron chi connectivity index (χ4n) is 1.86.